The minimum atomic E-state index is -0.755. The smallest absolute Gasteiger partial charge is 0.374 e. The molecule has 0 saturated heterocycles. The number of hydrogen-bond donors (Lipinski definition) is 2. The van der Waals surface area contributed by atoms with Crippen LogP contribution in [0.25, 0.3) is 0 Å². The van der Waals surface area contributed by atoms with Gasteiger partial charge in [-0.05, 0) is 44.2 Å². The van der Waals surface area contributed by atoms with Crippen LogP contribution in [0.4, 0.5) is 4.79 Å². The molecule has 2 N–H and O–H groups in total. The molecule has 0 radical (unpaired) electrons. The lowest BCUT2D eigenvalue weighted by Gasteiger charge is -2.13. The highest BCUT2D eigenvalue weighted by Gasteiger charge is 2.14. The number of esters is 1. The Labute approximate surface area is 134 Å². The van der Waals surface area contributed by atoms with Gasteiger partial charge in [0, 0.05) is 6.54 Å². The van der Waals surface area contributed by atoms with Gasteiger partial charge in [-0.3, -0.25) is 10.1 Å². The molecule has 0 aromatic carbocycles. The molecule has 0 fully saturated rings. The molecule has 0 atom stereocenters. The number of allylic oxidation sites excluding steroid dienone is 1. The number of carbonyl (C=O) groups excluding carboxylic acids is 3. The number of urea groups is 1. The quantitative estimate of drug-likeness (QED) is 0.618. The van der Waals surface area contributed by atoms with Gasteiger partial charge in [0.25, 0.3) is 5.91 Å². The summed E-state index contributed by atoms with van der Waals surface area (Å²) in [6.45, 7) is -0.0742. The minimum absolute atomic E-state index is 0.00279. The van der Waals surface area contributed by atoms with Crippen LogP contribution < -0.4 is 10.6 Å². The zero-order chi connectivity index (χ0) is 16.5. The molecular formula is C16H20N2O5. The third-order valence-corrected chi connectivity index (χ3v) is 3.43. The van der Waals surface area contributed by atoms with Crippen LogP contribution in [0.5, 0.6) is 0 Å². The van der Waals surface area contributed by atoms with Gasteiger partial charge in [-0.25, -0.2) is 9.59 Å². The van der Waals surface area contributed by atoms with Crippen LogP contribution in [0, 0.1) is 0 Å². The normalized spacial score (nSPS) is 13.8. The zero-order valence-electron chi connectivity index (χ0n) is 12.8. The van der Waals surface area contributed by atoms with E-state index < -0.39 is 24.5 Å². The highest BCUT2D eigenvalue weighted by molar-refractivity contribution is 5.96. The molecule has 23 heavy (non-hydrogen) atoms. The van der Waals surface area contributed by atoms with Crippen molar-refractivity contribution in [2.45, 2.75) is 32.1 Å². The van der Waals surface area contributed by atoms with Crippen LogP contribution in [0.2, 0.25) is 0 Å². The number of carbonyl (C=O) groups is 3. The maximum atomic E-state index is 11.5. The number of rotatable bonds is 6. The van der Waals surface area contributed by atoms with Gasteiger partial charge < -0.3 is 14.5 Å². The minimum Gasteiger partial charge on any atom is -0.457 e. The van der Waals surface area contributed by atoms with Crippen molar-refractivity contribution >= 4 is 17.9 Å². The van der Waals surface area contributed by atoms with Crippen molar-refractivity contribution < 1.29 is 23.5 Å². The van der Waals surface area contributed by atoms with Gasteiger partial charge in [0.1, 0.15) is 0 Å². The number of hydrogen-bond acceptors (Lipinski definition) is 5. The molecule has 0 unspecified atom stereocenters. The molecule has 1 aromatic rings. The van der Waals surface area contributed by atoms with Crippen molar-refractivity contribution in [3.05, 3.63) is 35.8 Å². The van der Waals surface area contributed by atoms with Crippen LogP contribution in [-0.4, -0.2) is 31.1 Å². The lowest BCUT2D eigenvalue weighted by molar-refractivity contribution is -0.123. The lowest BCUT2D eigenvalue weighted by atomic mass is 9.97. The molecular weight excluding hydrogens is 300 g/mol. The summed E-state index contributed by atoms with van der Waals surface area (Å²) in [5.74, 6) is -1.45. The van der Waals surface area contributed by atoms with E-state index in [0.29, 0.717) is 6.54 Å². The number of nitrogens with one attached hydrogen (secondary N) is 2. The molecule has 0 spiro atoms. The van der Waals surface area contributed by atoms with Crippen LogP contribution in [0.1, 0.15) is 42.7 Å². The Morgan fingerprint density at radius 2 is 2.13 bits per heavy atom. The Kier molecular flexibility index (Phi) is 6.40. The first-order valence-electron chi connectivity index (χ1n) is 7.61. The van der Waals surface area contributed by atoms with E-state index in [4.69, 9.17) is 9.15 Å². The van der Waals surface area contributed by atoms with E-state index >= 15 is 0 Å². The van der Waals surface area contributed by atoms with Crippen LogP contribution in [0.15, 0.2) is 34.5 Å². The average Bonchev–Trinajstić information content (AvgIpc) is 3.08. The lowest BCUT2D eigenvalue weighted by Crippen LogP contribution is -2.41. The number of ether oxygens (including phenoxy) is 1. The summed E-state index contributed by atoms with van der Waals surface area (Å²) in [7, 11) is 0. The van der Waals surface area contributed by atoms with E-state index in [0.717, 1.165) is 19.3 Å². The second-order valence-corrected chi connectivity index (χ2v) is 5.22. The Hall–Kier alpha value is -2.57. The average molecular weight is 320 g/mol. The molecule has 0 aliphatic heterocycles. The van der Waals surface area contributed by atoms with Crippen molar-refractivity contribution in [3.63, 3.8) is 0 Å². The Morgan fingerprint density at radius 3 is 2.83 bits per heavy atom. The predicted octanol–water partition coefficient (Wildman–Crippen LogP) is 2.15. The monoisotopic (exact) mass is 320 g/mol. The predicted molar refractivity (Wildman–Crippen MR) is 81.7 cm³/mol. The number of imide groups is 1. The fraction of sp³-hybridized carbons (Fsp3) is 0.438. The highest BCUT2D eigenvalue weighted by Crippen LogP contribution is 2.19. The molecule has 124 valence electrons. The third kappa shape index (κ3) is 5.98. The SMILES string of the molecule is O=C(COC(=O)c1ccco1)NC(=O)NCCC1=CCCCC1. The number of furan rings is 1. The molecule has 1 heterocycles. The molecule has 7 heteroatoms. The fourth-order valence-electron chi connectivity index (χ4n) is 2.27. The van der Waals surface area contributed by atoms with Crippen molar-refractivity contribution in [2.24, 2.45) is 0 Å². The molecule has 1 aliphatic rings. The Bertz CT molecular complexity index is 577. The van der Waals surface area contributed by atoms with E-state index in [2.05, 4.69) is 16.7 Å². The first-order valence-corrected chi connectivity index (χ1v) is 7.61. The summed E-state index contributed by atoms with van der Waals surface area (Å²) in [5, 5.41) is 4.71. The van der Waals surface area contributed by atoms with Gasteiger partial charge in [0.15, 0.2) is 6.61 Å². The van der Waals surface area contributed by atoms with Crippen molar-refractivity contribution in [3.8, 4) is 0 Å². The molecule has 2 rings (SSSR count). The van der Waals surface area contributed by atoms with Gasteiger partial charge in [0.05, 0.1) is 6.26 Å². The van der Waals surface area contributed by atoms with Gasteiger partial charge in [-0.1, -0.05) is 11.6 Å². The van der Waals surface area contributed by atoms with E-state index in [-0.39, 0.29) is 5.76 Å². The maximum absolute atomic E-state index is 11.5. The molecule has 1 aromatic heterocycles. The fourth-order valence-corrected chi connectivity index (χ4v) is 2.27. The second-order valence-electron chi connectivity index (χ2n) is 5.22. The molecule has 0 bridgehead atoms. The Morgan fingerprint density at radius 1 is 1.26 bits per heavy atom. The van der Waals surface area contributed by atoms with E-state index in [1.165, 1.54) is 36.8 Å². The van der Waals surface area contributed by atoms with E-state index in [1.807, 2.05) is 0 Å². The van der Waals surface area contributed by atoms with E-state index in [9.17, 15) is 14.4 Å². The largest absolute Gasteiger partial charge is 0.457 e. The molecule has 3 amide bonds. The maximum Gasteiger partial charge on any atom is 0.374 e. The third-order valence-electron chi connectivity index (χ3n) is 3.43. The second kappa shape index (κ2) is 8.77. The standard InChI is InChI=1S/C16H20N2O5/c19-14(11-23-15(20)13-7-4-10-22-13)18-16(21)17-9-8-12-5-2-1-3-6-12/h4-5,7,10H,1-3,6,8-9,11H2,(H2,17,18,19,21). The van der Waals surface area contributed by atoms with E-state index in [1.54, 1.807) is 0 Å². The Balaban J connectivity index is 1.59. The summed E-state index contributed by atoms with van der Waals surface area (Å²) >= 11 is 0. The van der Waals surface area contributed by atoms with Crippen molar-refractivity contribution in [1.29, 1.82) is 0 Å². The van der Waals surface area contributed by atoms with Gasteiger partial charge in [-0.2, -0.15) is 0 Å². The first-order chi connectivity index (χ1) is 11.1. The van der Waals surface area contributed by atoms with Gasteiger partial charge in [0.2, 0.25) is 5.76 Å². The molecule has 0 saturated carbocycles. The molecule has 1 aliphatic carbocycles. The highest BCUT2D eigenvalue weighted by atomic mass is 16.5. The van der Waals surface area contributed by atoms with Crippen LogP contribution in [-0.2, 0) is 9.53 Å². The summed E-state index contributed by atoms with van der Waals surface area (Å²) in [6.07, 6.45) is 8.91. The van der Waals surface area contributed by atoms with Crippen LogP contribution in [0.3, 0.4) is 0 Å². The summed E-state index contributed by atoms with van der Waals surface area (Å²) in [6, 6.07) is 2.36. The van der Waals surface area contributed by atoms with Crippen molar-refractivity contribution in [1.82, 2.24) is 10.6 Å². The number of amides is 3. The van der Waals surface area contributed by atoms with Crippen molar-refractivity contribution in [2.75, 3.05) is 13.2 Å². The summed E-state index contributed by atoms with van der Waals surface area (Å²) < 4.78 is 9.54. The summed E-state index contributed by atoms with van der Waals surface area (Å²) in [5.41, 5.74) is 1.34. The van der Waals surface area contributed by atoms with Gasteiger partial charge in [-0.15, -0.1) is 0 Å². The first kappa shape index (κ1) is 16.8. The molecule has 7 nitrogen and oxygen atoms in total. The zero-order valence-corrected chi connectivity index (χ0v) is 12.8. The summed E-state index contributed by atoms with van der Waals surface area (Å²) in [4.78, 5) is 34.5. The van der Waals surface area contributed by atoms with Gasteiger partial charge >= 0.3 is 12.0 Å². The topological polar surface area (TPSA) is 97.6 Å². The van der Waals surface area contributed by atoms with Crippen LogP contribution >= 0.6 is 0 Å².